The monoisotopic (exact) mass is 443 g/mol. The fourth-order valence-corrected chi connectivity index (χ4v) is 3.00. The normalized spacial score (nSPS) is 10.7. The van der Waals surface area contributed by atoms with E-state index in [1.807, 2.05) is 25.9 Å². The summed E-state index contributed by atoms with van der Waals surface area (Å²) in [6.45, 7) is 3.82. The maximum absolute atomic E-state index is 12.6. The summed E-state index contributed by atoms with van der Waals surface area (Å²) in [7, 11) is 6.75. The molecule has 0 unspecified atom stereocenters. The number of urea groups is 1. The molecule has 0 aromatic heterocycles. The molecule has 0 saturated carbocycles. The number of hydrazine groups is 1. The summed E-state index contributed by atoms with van der Waals surface area (Å²) in [5.41, 5.74) is 3.28. The third-order valence-electron chi connectivity index (χ3n) is 4.53. The molecule has 0 aliphatic carbocycles. The summed E-state index contributed by atoms with van der Waals surface area (Å²) in [5, 5.41) is 3.69. The quantitative estimate of drug-likeness (QED) is 0.186. The Bertz CT molecular complexity index is 986. The van der Waals surface area contributed by atoms with E-state index < -0.39 is 6.03 Å². The molecular weight excluding hydrogens is 410 g/mol. The number of allylic oxidation sites excluding steroid dienone is 1. The first-order valence-corrected chi connectivity index (χ1v) is 9.72. The summed E-state index contributed by atoms with van der Waals surface area (Å²) in [6.07, 6.45) is 1.79. The van der Waals surface area contributed by atoms with Gasteiger partial charge in [-0.1, -0.05) is 6.07 Å². The summed E-state index contributed by atoms with van der Waals surface area (Å²) in [4.78, 5) is 26.4. The van der Waals surface area contributed by atoms with E-state index in [-0.39, 0.29) is 18.5 Å². The molecule has 174 valence electrons. The van der Waals surface area contributed by atoms with Crippen molar-refractivity contribution in [1.82, 2.24) is 16.1 Å². The lowest BCUT2D eigenvalue weighted by Gasteiger charge is -2.18. The van der Waals surface area contributed by atoms with Gasteiger partial charge in [-0.3, -0.25) is 9.80 Å². The highest BCUT2D eigenvalue weighted by Gasteiger charge is 2.15. The average molecular weight is 444 g/mol. The van der Waals surface area contributed by atoms with Crippen LogP contribution in [-0.2, 0) is 6.61 Å². The van der Waals surface area contributed by atoms with Crippen LogP contribution >= 0.6 is 0 Å². The number of ketones is 1. The SMILES string of the molecule is COc1cccc(NC(=O)N(C)N)c1COc1ccc(C(=O)/C(C)=C/N(C)C)cc1C.N. The minimum Gasteiger partial charge on any atom is -0.496 e. The van der Waals surface area contributed by atoms with E-state index in [1.165, 1.54) is 7.05 Å². The van der Waals surface area contributed by atoms with Crippen LogP contribution in [0.3, 0.4) is 0 Å². The molecule has 2 rings (SSSR count). The molecule has 2 aromatic rings. The highest BCUT2D eigenvalue weighted by atomic mass is 16.5. The largest absolute Gasteiger partial charge is 0.496 e. The van der Waals surface area contributed by atoms with Gasteiger partial charge in [-0.2, -0.15) is 0 Å². The van der Waals surface area contributed by atoms with Gasteiger partial charge in [0.2, 0.25) is 0 Å². The van der Waals surface area contributed by atoms with Gasteiger partial charge in [0.25, 0.3) is 0 Å². The molecule has 0 aliphatic heterocycles. The van der Waals surface area contributed by atoms with E-state index in [1.54, 1.807) is 56.6 Å². The number of nitrogens with two attached hydrogens (primary N) is 1. The van der Waals surface area contributed by atoms with E-state index in [2.05, 4.69) is 5.32 Å². The van der Waals surface area contributed by atoms with Crippen molar-refractivity contribution in [3.8, 4) is 11.5 Å². The van der Waals surface area contributed by atoms with Crippen LogP contribution in [0.25, 0.3) is 0 Å². The van der Waals surface area contributed by atoms with E-state index in [4.69, 9.17) is 15.3 Å². The predicted octanol–water partition coefficient (Wildman–Crippen LogP) is 3.73. The van der Waals surface area contributed by atoms with Gasteiger partial charge in [-0.15, -0.1) is 0 Å². The second kappa shape index (κ2) is 11.7. The molecule has 2 aromatic carbocycles. The van der Waals surface area contributed by atoms with E-state index in [0.29, 0.717) is 33.9 Å². The van der Waals surface area contributed by atoms with Gasteiger partial charge in [0.05, 0.1) is 18.4 Å². The number of ether oxygens (including phenoxy) is 2. The second-order valence-corrected chi connectivity index (χ2v) is 7.40. The summed E-state index contributed by atoms with van der Waals surface area (Å²) in [5.74, 6) is 6.67. The first-order valence-electron chi connectivity index (χ1n) is 9.72. The molecule has 0 aliphatic rings. The Morgan fingerprint density at radius 1 is 1.12 bits per heavy atom. The molecule has 0 heterocycles. The molecule has 0 fully saturated rings. The minimum atomic E-state index is -0.463. The zero-order valence-electron chi connectivity index (χ0n) is 19.6. The Hall–Kier alpha value is -3.56. The van der Waals surface area contributed by atoms with Gasteiger partial charge >= 0.3 is 6.03 Å². The fraction of sp³-hybridized carbons (Fsp3) is 0.304. The zero-order valence-corrected chi connectivity index (χ0v) is 19.6. The van der Waals surface area contributed by atoms with Crippen LogP contribution in [0, 0.1) is 6.92 Å². The maximum atomic E-state index is 12.6. The molecule has 6 N–H and O–H groups in total. The van der Waals surface area contributed by atoms with Crippen LogP contribution in [0.4, 0.5) is 10.5 Å². The number of carbonyl (C=O) groups is 2. The maximum Gasteiger partial charge on any atom is 0.335 e. The number of methoxy groups -OCH3 is 1. The molecule has 32 heavy (non-hydrogen) atoms. The number of aryl methyl sites for hydroxylation is 1. The molecule has 9 heteroatoms. The molecule has 0 radical (unpaired) electrons. The van der Waals surface area contributed by atoms with Crippen molar-refractivity contribution in [2.75, 3.05) is 33.6 Å². The lowest BCUT2D eigenvalue weighted by Crippen LogP contribution is -2.37. The first kappa shape index (κ1) is 26.5. The van der Waals surface area contributed by atoms with Crippen molar-refractivity contribution in [2.45, 2.75) is 20.5 Å². The summed E-state index contributed by atoms with van der Waals surface area (Å²) >= 11 is 0. The van der Waals surface area contributed by atoms with Gasteiger partial charge in [0.15, 0.2) is 5.78 Å². The number of rotatable bonds is 8. The molecule has 0 spiro atoms. The highest BCUT2D eigenvalue weighted by molar-refractivity contribution is 6.08. The number of Topliss-reactive ketones (excluding diaryl/α,β-unsaturated/α-hetero) is 1. The minimum absolute atomic E-state index is 0. The van der Waals surface area contributed by atoms with Crippen molar-refractivity contribution in [2.24, 2.45) is 5.84 Å². The number of hydrogen-bond acceptors (Lipinski definition) is 7. The number of nitrogens with one attached hydrogen (secondary N) is 1. The Labute approximate surface area is 189 Å². The van der Waals surface area contributed by atoms with Crippen LogP contribution in [0.1, 0.15) is 28.4 Å². The van der Waals surface area contributed by atoms with Gasteiger partial charge in [-0.25, -0.2) is 10.6 Å². The van der Waals surface area contributed by atoms with E-state index >= 15 is 0 Å². The Morgan fingerprint density at radius 2 is 1.81 bits per heavy atom. The third kappa shape index (κ3) is 6.73. The van der Waals surface area contributed by atoms with Crippen molar-refractivity contribution in [3.63, 3.8) is 0 Å². The summed E-state index contributed by atoms with van der Waals surface area (Å²) in [6, 6.07) is 10.2. The number of amides is 2. The Morgan fingerprint density at radius 3 is 2.38 bits per heavy atom. The lowest BCUT2D eigenvalue weighted by molar-refractivity contribution is 0.103. The van der Waals surface area contributed by atoms with E-state index in [9.17, 15) is 9.59 Å². The van der Waals surface area contributed by atoms with Gasteiger partial charge in [0.1, 0.15) is 18.1 Å². The van der Waals surface area contributed by atoms with Crippen LogP contribution in [0.15, 0.2) is 48.2 Å². The van der Waals surface area contributed by atoms with Crippen LogP contribution < -0.4 is 26.8 Å². The van der Waals surface area contributed by atoms with Crippen molar-refractivity contribution < 1.29 is 19.1 Å². The first-order chi connectivity index (χ1) is 14.6. The standard InChI is InChI=1S/C23H30N4O4.H3N/c1-15-12-17(22(28)16(2)13-26(3)4)10-11-20(15)31-14-18-19(25-23(29)27(5)24)8-7-9-21(18)30-6;/h7-13H,14,24H2,1-6H3,(H,25,29);1H3/b16-13+;. The molecule has 0 bridgehead atoms. The van der Waals surface area contributed by atoms with Crippen LogP contribution in [-0.4, -0.2) is 50.0 Å². The van der Waals surface area contributed by atoms with Crippen LogP contribution in [0.5, 0.6) is 11.5 Å². The van der Waals surface area contributed by atoms with Crippen molar-refractivity contribution in [1.29, 1.82) is 0 Å². The number of nitrogens with zero attached hydrogens (tertiary/aromatic N) is 2. The second-order valence-electron chi connectivity index (χ2n) is 7.40. The van der Waals surface area contributed by atoms with Crippen molar-refractivity contribution >= 4 is 17.5 Å². The number of carbonyl (C=O) groups excluding carboxylic acids is 2. The highest BCUT2D eigenvalue weighted by Crippen LogP contribution is 2.29. The molecule has 2 amide bonds. The molecule has 9 nitrogen and oxygen atoms in total. The average Bonchev–Trinajstić information content (AvgIpc) is 2.72. The van der Waals surface area contributed by atoms with Gasteiger partial charge < -0.3 is 25.8 Å². The predicted molar refractivity (Wildman–Crippen MR) is 126 cm³/mol. The molecule has 0 saturated heterocycles. The van der Waals surface area contributed by atoms with Gasteiger partial charge in [0, 0.05) is 38.5 Å². The summed E-state index contributed by atoms with van der Waals surface area (Å²) < 4.78 is 11.4. The van der Waals surface area contributed by atoms with Crippen LogP contribution in [0.2, 0.25) is 0 Å². The fourth-order valence-electron chi connectivity index (χ4n) is 3.00. The number of hydrogen-bond donors (Lipinski definition) is 3. The number of benzene rings is 2. The Balaban J connectivity index is 0.00000512. The third-order valence-corrected chi connectivity index (χ3v) is 4.53. The lowest BCUT2D eigenvalue weighted by atomic mass is 10.0. The van der Waals surface area contributed by atoms with E-state index in [0.717, 1.165) is 10.6 Å². The Kier molecular flexibility index (Phi) is 9.70. The molecule has 0 atom stereocenters. The smallest absolute Gasteiger partial charge is 0.335 e. The van der Waals surface area contributed by atoms with Gasteiger partial charge in [-0.05, 0) is 49.7 Å². The zero-order chi connectivity index (χ0) is 23.1. The molecular formula is C23H33N5O4. The topological polar surface area (TPSA) is 132 Å². The number of anilines is 1. The van der Waals surface area contributed by atoms with Crippen molar-refractivity contribution in [3.05, 3.63) is 64.9 Å².